The van der Waals surface area contributed by atoms with E-state index in [1.807, 2.05) is 0 Å². The third kappa shape index (κ3) is 6.13. The van der Waals surface area contributed by atoms with E-state index in [-0.39, 0.29) is 24.6 Å². The lowest BCUT2D eigenvalue weighted by molar-refractivity contribution is -0.141. The number of pyridine rings is 1. The van der Waals surface area contributed by atoms with Gasteiger partial charge >= 0.3 is 6.18 Å². The molecule has 1 amide bonds. The lowest BCUT2D eigenvalue weighted by atomic mass is 9.98. The Morgan fingerprint density at radius 1 is 1.30 bits per heavy atom. The number of allylic oxidation sites excluding steroid dienone is 1. The van der Waals surface area contributed by atoms with Crippen LogP contribution in [0.3, 0.4) is 0 Å². The fourth-order valence-corrected chi connectivity index (χ4v) is 2.60. The minimum Gasteiger partial charge on any atom is -0.456 e. The molecule has 0 atom stereocenters. The SMILES string of the molecule is C=C(F)C(=O)N1CC=C(/C(=C/N=C(C)C)C(=C)Oc2ccc(C(F)(F)F)nc2)CC1. The first-order valence-electron chi connectivity index (χ1n) is 8.93. The molecule has 2 heterocycles. The number of alkyl halides is 3. The van der Waals surface area contributed by atoms with Crippen LogP contribution in [-0.4, -0.2) is 34.6 Å². The van der Waals surface area contributed by atoms with Crippen LogP contribution in [0, 0.1) is 0 Å². The molecule has 0 aromatic carbocycles. The van der Waals surface area contributed by atoms with Crippen LogP contribution in [0.2, 0.25) is 0 Å². The molecule has 1 aliphatic rings. The van der Waals surface area contributed by atoms with Gasteiger partial charge in [-0.3, -0.25) is 9.79 Å². The van der Waals surface area contributed by atoms with Crippen LogP contribution >= 0.6 is 0 Å². The Labute approximate surface area is 171 Å². The topological polar surface area (TPSA) is 54.8 Å². The number of rotatable bonds is 6. The number of aliphatic imine (C=N–C) groups is 1. The summed E-state index contributed by atoms with van der Waals surface area (Å²) in [6.07, 6.45) is 0.0527. The summed E-state index contributed by atoms with van der Waals surface area (Å²) in [6, 6.07) is 1.96. The molecule has 0 unspecified atom stereocenters. The van der Waals surface area contributed by atoms with E-state index in [2.05, 4.69) is 23.1 Å². The number of ether oxygens (including phenoxy) is 1. The molecule has 30 heavy (non-hydrogen) atoms. The Kier molecular flexibility index (Phi) is 7.31. The molecular formula is C21H21F4N3O2. The van der Waals surface area contributed by atoms with Crippen LogP contribution in [0.15, 0.2) is 71.5 Å². The molecule has 9 heteroatoms. The molecule has 0 spiro atoms. The summed E-state index contributed by atoms with van der Waals surface area (Å²) in [5.41, 5.74) is 1.01. The molecule has 1 aromatic heterocycles. The van der Waals surface area contributed by atoms with Gasteiger partial charge in [0.1, 0.15) is 17.2 Å². The second-order valence-corrected chi connectivity index (χ2v) is 6.66. The van der Waals surface area contributed by atoms with Crippen molar-refractivity contribution in [1.29, 1.82) is 0 Å². The zero-order chi connectivity index (χ0) is 22.5. The zero-order valence-electron chi connectivity index (χ0n) is 16.6. The van der Waals surface area contributed by atoms with Crippen molar-refractivity contribution in [3.05, 3.63) is 72.2 Å². The molecule has 0 saturated heterocycles. The van der Waals surface area contributed by atoms with E-state index in [4.69, 9.17) is 4.74 Å². The van der Waals surface area contributed by atoms with Gasteiger partial charge in [0, 0.05) is 30.6 Å². The molecule has 0 saturated carbocycles. The van der Waals surface area contributed by atoms with Crippen molar-refractivity contribution in [2.75, 3.05) is 13.1 Å². The number of halogens is 4. The second kappa shape index (κ2) is 9.51. The van der Waals surface area contributed by atoms with E-state index in [1.165, 1.54) is 11.1 Å². The Morgan fingerprint density at radius 3 is 2.47 bits per heavy atom. The molecule has 0 fully saturated rings. The van der Waals surface area contributed by atoms with E-state index in [1.54, 1.807) is 19.9 Å². The van der Waals surface area contributed by atoms with Crippen LogP contribution in [0.5, 0.6) is 5.75 Å². The third-order valence-electron chi connectivity index (χ3n) is 4.09. The summed E-state index contributed by atoms with van der Waals surface area (Å²) in [6.45, 7) is 10.9. The summed E-state index contributed by atoms with van der Waals surface area (Å²) in [4.78, 5) is 20.6. The molecule has 5 nitrogen and oxygen atoms in total. The molecule has 0 aliphatic carbocycles. The minimum atomic E-state index is -4.55. The van der Waals surface area contributed by atoms with Gasteiger partial charge in [0.2, 0.25) is 0 Å². The summed E-state index contributed by atoms with van der Waals surface area (Å²) in [7, 11) is 0. The van der Waals surface area contributed by atoms with Gasteiger partial charge in [0.05, 0.1) is 6.20 Å². The molecule has 1 aliphatic heterocycles. The molecule has 160 valence electrons. The molecule has 0 bridgehead atoms. The first kappa shape index (κ1) is 23.1. The fraction of sp³-hybridized carbons (Fsp3) is 0.286. The van der Waals surface area contributed by atoms with Crippen molar-refractivity contribution in [3.63, 3.8) is 0 Å². The van der Waals surface area contributed by atoms with Crippen molar-refractivity contribution in [3.8, 4) is 5.75 Å². The monoisotopic (exact) mass is 423 g/mol. The van der Waals surface area contributed by atoms with E-state index < -0.39 is 23.6 Å². The van der Waals surface area contributed by atoms with E-state index in [0.29, 0.717) is 12.0 Å². The Bertz CT molecular complexity index is 925. The molecular weight excluding hydrogens is 402 g/mol. The van der Waals surface area contributed by atoms with Crippen molar-refractivity contribution >= 4 is 11.6 Å². The highest BCUT2D eigenvalue weighted by Crippen LogP contribution is 2.30. The minimum absolute atomic E-state index is 0.0815. The number of nitrogens with zero attached hydrogens (tertiary/aromatic N) is 3. The molecule has 0 radical (unpaired) electrons. The Morgan fingerprint density at radius 2 is 2.00 bits per heavy atom. The smallest absolute Gasteiger partial charge is 0.433 e. The fourth-order valence-electron chi connectivity index (χ4n) is 2.60. The third-order valence-corrected chi connectivity index (χ3v) is 4.09. The maximum Gasteiger partial charge on any atom is 0.433 e. The van der Waals surface area contributed by atoms with Crippen molar-refractivity contribution < 1.29 is 27.1 Å². The van der Waals surface area contributed by atoms with Gasteiger partial charge < -0.3 is 9.64 Å². The van der Waals surface area contributed by atoms with Crippen LogP contribution in [0.1, 0.15) is 26.0 Å². The van der Waals surface area contributed by atoms with E-state index in [0.717, 1.165) is 29.6 Å². The highest BCUT2D eigenvalue weighted by atomic mass is 19.4. The average molecular weight is 423 g/mol. The second-order valence-electron chi connectivity index (χ2n) is 6.66. The molecule has 1 aromatic rings. The van der Waals surface area contributed by atoms with Crippen LogP contribution in [0.25, 0.3) is 0 Å². The van der Waals surface area contributed by atoms with Gasteiger partial charge in [-0.1, -0.05) is 19.2 Å². The lowest BCUT2D eigenvalue weighted by Crippen LogP contribution is -2.35. The highest BCUT2D eigenvalue weighted by Gasteiger charge is 2.32. The van der Waals surface area contributed by atoms with Gasteiger partial charge in [-0.15, -0.1) is 0 Å². The van der Waals surface area contributed by atoms with Crippen molar-refractivity contribution in [1.82, 2.24) is 9.88 Å². The number of hydrogen-bond acceptors (Lipinski definition) is 4. The standard InChI is InChI=1S/C21H21F4N3O2/c1-13(2)26-12-18(16-7-9-28(10-8-16)20(29)14(3)22)15(4)30-17-5-6-19(27-11-17)21(23,24)25/h5-7,11-12H,3-4,8-10H2,1-2H3/b18-12+. The van der Waals surface area contributed by atoms with Gasteiger partial charge in [0.15, 0.2) is 5.83 Å². The average Bonchev–Trinajstić information content (AvgIpc) is 2.67. The van der Waals surface area contributed by atoms with E-state index >= 15 is 0 Å². The van der Waals surface area contributed by atoms with Crippen LogP contribution in [0.4, 0.5) is 17.6 Å². The van der Waals surface area contributed by atoms with Gasteiger partial charge in [-0.2, -0.15) is 13.2 Å². The maximum absolute atomic E-state index is 13.1. The lowest BCUT2D eigenvalue weighted by Gasteiger charge is -2.27. The first-order valence-corrected chi connectivity index (χ1v) is 8.93. The maximum atomic E-state index is 13.1. The number of amides is 1. The van der Waals surface area contributed by atoms with Crippen LogP contribution < -0.4 is 4.74 Å². The quantitative estimate of drug-likeness (QED) is 0.213. The predicted molar refractivity (Wildman–Crippen MR) is 105 cm³/mol. The molecule has 0 N–H and O–H groups in total. The number of aromatic nitrogens is 1. The molecule has 2 rings (SSSR count). The van der Waals surface area contributed by atoms with Crippen molar-refractivity contribution in [2.45, 2.75) is 26.4 Å². The number of carbonyl (C=O) groups excluding carboxylic acids is 1. The Hall–Kier alpha value is -3.23. The largest absolute Gasteiger partial charge is 0.456 e. The van der Waals surface area contributed by atoms with Crippen molar-refractivity contribution in [2.24, 2.45) is 4.99 Å². The summed E-state index contributed by atoms with van der Waals surface area (Å²) >= 11 is 0. The van der Waals surface area contributed by atoms with Gasteiger partial charge in [0.25, 0.3) is 5.91 Å². The summed E-state index contributed by atoms with van der Waals surface area (Å²) < 4.78 is 56.6. The number of hydrogen-bond donors (Lipinski definition) is 0. The number of carbonyl (C=O) groups is 1. The highest BCUT2D eigenvalue weighted by molar-refractivity contribution is 5.90. The zero-order valence-corrected chi connectivity index (χ0v) is 16.6. The Balaban J connectivity index is 2.22. The summed E-state index contributed by atoms with van der Waals surface area (Å²) in [5, 5.41) is 0. The van der Waals surface area contributed by atoms with Gasteiger partial charge in [-0.05, 0) is 38.0 Å². The first-order chi connectivity index (χ1) is 14.0. The van der Waals surface area contributed by atoms with E-state index in [9.17, 15) is 22.4 Å². The van der Waals surface area contributed by atoms with Crippen LogP contribution in [-0.2, 0) is 11.0 Å². The predicted octanol–water partition coefficient (Wildman–Crippen LogP) is 5.00. The summed E-state index contributed by atoms with van der Waals surface area (Å²) in [5.74, 6) is -1.57. The normalized spacial score (nSPS) is 14.7. The van der Waals surface area contributed by atoms with Gasteiger partial charge in [-0.25, -0.2) is 9.37 Å².